The topological polar surface area (TPSA) is 69.6 Å². The monoisotopic (exact) mass is 591 g/mol. The van der Waals surface area contributed by atoms with Crippen LogP contribution in [0.3, 0.4) is 0 Å². The van der Waals surface area contributed by atoms with E-state index in [0.29, 0.717) is 28.9 Å². The highest BCUT2D eigenvalue weighted by Crippen LogP contribution is 2.34. The van der Waals surface area contributed by atoms with E-state index in [4.69, 9.17) is 24.4 Å². The van der Waals surface area contributed by atoms with Crippen LogP contribution in [-0.4, -0.2) is 24.5 Å². The van der Waals surface area contributed by atoms with Gasteiger partial charge < -0.3 is 8.98 Å². The minimum Gasteiger partial charge on any atom is -0.436 e. The SMILES string of the molecule is c1ccc(-c2nc(-c3ccccc3)nc(-c3ccc4nc(-c5ccc(-n6c7ccccc7c7ccccc76)cc5)oc4c3)n2)cc1. The summed E-state index contributed by atoms with van der Waals surface area (Å²) in [6.07, 6.45) is 0. The van der Waals surface area contributed by atoms with Crippen LogP contribution in [0, 0.1) is 0 Å². The van der Waals surface area contributed by atoms with Crippen molar-refractivity contribution in [1.29, 1.82) is 0 Å². The average Bonchev–Trinajstić information content (AvgIpc) is 3.71. The molecule has 6 aromatic carbocycles. The van der Waals surface area contributed by atoms with Gasteiger partial charge in [-0.05, 0) is 54.6 Å². The molecule has 0 spiro atoms. The molecule has 0 saturated heterocycles. The number of rotatable bonds is 5. The molecule has 0 aliphatic rings. The molecule has 46 heavy (non-hydrogen) atoms. The number of hydrogen-bond acceptors (Lipinski definition) is 5. The maximum Gasteiger partial charge on any atom is 0.227 e. The molecule has 9 rings (SSSR count). The van der Waals surface area contributed by atoms with Crippen LogP contribution < -0.4 is 0 Å². The zero-order chi connectivity index (χ0) is 30.5. The minimum atomic E-state index is 0.562. The van der Waals surface area contributed by atoms with E-state index >= 15 is 0 Å². The summed E-state index contributed by atoms with van der Waals surface area (Å²) in [6, 6.07) is 51.2. The van der Waals surface area contributed by atoms with Gasteiger partial charge in [-0.15, -0.1) is 0 Å². The van der Waals surface area contributed by atoms with E-state index in [1.165, 1.54) is 21.8 Å². The molecule has 0 fully saturated rings. The largest absolute Gasteiger partial charge is 0.436 e. The van der Waals surface area contributed by atoms with E-state index in [1.54, 1.807) is 0 Å². The molecule has 6 heteroatoms. The number of nitrogens with zero attached hydrogens (tertiary/aromatic N) is 5. The number of oxazole rings is 1. The average molecular weight is 592 g/mol. The molecule has 0 unspecified atom stereocenters. The lowest BCUT2D eigenvalue weighted by Crippen LogP contribution is -2.00. The lowest BCUT2D eigenvalue weighted by atomic mass is 10.1. The summed E-state index contributed by atoms with van der Waals surface area (Å²) in [7, 11) is 0. The maximum atomic E-state index is 6.33. The lowest BCUT2D eigenvalue weighted by molar-refractivity contribution is 0.620. The maximum absolute atomic E-state index is 6.33. The quantitative estimate of drug-likeness (QED) is 0.199. The number of aromatic nitrogens is 5. The van der Waals surface area contributed by atoms with Gasteiger partial charge in [-0.2, -0.15) is 0 Å². The Morgan fingerprint density at radius 2 is 0.913 bits per heavy atom. The highest BCUT2D eigenvalue weighted by Gasteiger charge is 2.16. The van der Waals surface area contributed by atoms with Crippen LogP contribution >= 0.6 is 0 Å². The van der Waals surface area contributed by atoms with Gasteiger partial charge in [-0.3, -0.25) is 0 Å². The summed E-state index contributed by atoms with van der Waals surface area (Å²) in [5.74, 6) is 2.37. The fraction of sp³-hybridized carbons (Fsp3) is 0. The zero-order valence-electron chi connectivity index (χ0n) is 24.6. The molecule has 9 aromatic rings. The number of hydrogen-bond donors (Lipinski definition) is 0. The predicted molar refractivity (Wildman–Crippen MR) is 183 cm³/mol. The Labute approximate surface area is 264 Å². The van der Waals surface area contributed by atoms with E-state index in [1.807, 2.05) is 78.9 Å². The summed E-state index contributed by atoms with van der Waals surface area (Å²) in [5, 5.41) is 2.48. The van der Waals surface area contributed by atoms with Gasteiger partial charge in [0.15, 0.2) is 23.1 Å². The first-order chi connectivity index (χ1) is 22.8. The van der Waals surface area contributed by atoms with Crippen LogP contribution in [0.15, 0.2) is 156 Å². The highest BCUT2D eigenvalue weighted by molar-refractivity contribution is 6.09. The van der Waals surface area contributed by atoms with E-state index in [2.05, 4.69) is 77.4 Å². The van der Waals surface area contributed by atoms with Crippen molar-refractivity contribution in [1.82, 2.24) is 24.5 Å². The van der Waals surface area contributed by atoms with Crippen LogP contribution in [0.4, 0.5) is 0 Å². The summed E-state index contributed by atoms with van der Waals surface area (Å²) >= 11 is 0. The summed E-state index contributed by atoms with van der Waals surface area (Å²) < 4.78 is 8.63. The molecule has 0 N–H and O–H groups in total. The van der Waals surface area contributed by atoms with Crippen molar-refractivity contribution in [2.45, 2.75) is 0 Å². The van der Waals surface area contributed by atoms with Gasteiger partial charge in [-0.1, -0.05) is 97.1 Å². The van der Waals surface area contributed by atoms with Crippen LogP contribution in [-0.2, 0) is 0 Å². The first-order valence-corrected chi connectivity index (χ1v) is 15.2. The predicted octanol–water partition coefficient (Wildman–Crippen LogP) is 9.78. The second-order valence-electron chi connectivity index (χ2n) is 11.2. The fourth-order valence-corrected chi connectivity index (χ4v) is 6.08. The first-order valence-electron chi connectivity index (χ1n) is 15.2. The van der Waals surface area contributed by atoms with Gasteiger partial charge in [0.05, 0.1) is 11.0 Å². The second kappa shape index (κ2) is 10.6. The van der Waals surface area contributed by atoms with Crippen molar-refractivity contribution in [3.63, 3.8) is 0 Å². The van der Waals surface area contributed by atoms with Crippen molar-refractivity contribution >= 4 is 32.9 Å². The highest BCUT2D eigenvalue weighted by atomic mass is 16.3. The molecule has 3 aromatic heterocycles. The van der Waals surface area contributed by atoms with Crippen molar-refractivity contribution in [3.8, 4) is 51.3 Å². The molecule has 0 aliphatic heterocycles. The van der Waals surface area contributed by atoms with Crippen LogP contribution in [0.25, 0.3) is 84.2 Å². The summed E-state index contributed by atoms with van der Waals surface area (Å²) in [4.78, 5) is 19.3. The molecule has 0 aliphatic carbocycles. The minimum absolute atomic E-state index is 0.562. The standard InChI is InChI=1S/C40H25N5O/c1-3-11-26(12-4-1)37-42-38(27-13-5-2-6-14-27)44-39(43-37)29-21-24-33-36(25-29)46-40(41-33)28-19-22-30(23-20-28)45-34-17-9-7-15-31(34)32-16-8-10-18-35(32)45/h1-25H. The number of para-hydroxylation sites is 2. The molecular weight excluding hydrogens is 566 g/mol. The third-order valence-electron chi connectivity index (χ3n) is 8.30. The Hall–Kier alpha value is -6.40. The molecule has 0 bridgehead atoms. The molecule has 3 heterocycles. The summed E-state index contributed by atoms with van der Waals surface area (Å²) in [6.45, 7) is 0. The van der Waals surface area contributed by atoms with Gasteiger partial charge in [0.2, 0.25) is 5.89 Å². The molecule has 0 radical (unpaired) electrons. The first kappa shape index (κ1) is 26.0. The Morgan fingerprint density at radius 1 is 0.413 bits per heavy atom. The van der Waals surface area contributed by atoms with E-state index in [9.17, 15) is 0 Å². The molecule has 0 amide bonds. The van der Waals surface area contributed by atoms with E-state index < -0.39 is 0 Å². The third-order valence-corrected chi connectivity index (χ3v) is 8.30. The van der Waals surface area contributed by atoms with Gasteiger partial charge in [0, 0.05) is 38.7 Å². The Kier molecular flexibility index (Phi) is 6.03. The van der Waals surface area contributed by atoms with Gasteiger partial charge in [0.25, 0.3) is 0 Å². The lowest BCUT2D eigenvalue weighted by Gasteiger charge is -2.08. The smallest absolute Gasteiger partial charge is 0.227 e. The van der Waals surface area contributed by atoms with Crippen LogP contribution in [0.1, 0.15) is 0 Å². The zero-order valence-corrected chi connectivity index (χ0v) is 24.6. The third kappa shape index (κ3) is 4.43. The number of fused-ring (bicyclic) bond motifs is 4. The van der Waals surface area contributed by atoms with E-state index in [0.717, 1.165) is 33.5 Å². The molecule has 0 saturated carbocycles. The molecular formula is C40H25N5O. The van der Waals surface area contributed by atoms with Crippen molar-refractivity contribution in [2.75, 3.05) is 0 Å². The van der Waals surface area contributed by atoms with Crippen LogP contribution in [0.5, 0.6) is 0 Å². The summed E-state index contributed by atoms with van der Waals surface area (Å²) in [5.41, 5.74) is 8.45. The van der Waals surface area contributed by atoms with Gasteiger partial charge in [0.1, 0.15) is 5.52 Å². The van der Waals surface area contributed by atoms with Crippen molar-refractivity contribution in [3.05, 3.63) is 152 Å². The Morgan fingerprint density at radius 3 is 1.50 bits per heavy atom. The molecule has 6 nitrogen and oxygen atoms in total. The van der Waals surface area contributed by atoms with Gasteiger partial charge >= 0.3 is 0 Å². The second-order valence-corrected chi connectivity index (χ2v) is 11.2. The van der Waals surface area contributed by atoms with Crippen LogP contribution in [0.2, 0.25) is 0 Å². The number of benzene rings is 6. The Bertz CT molecular complexity index is 2410. The van der Waals surface area contributed by atoms with Gasteiger partial charge in [-0.25, -0.2) is 19.9 Å². The Balaban J connectivity index is 1.09. The normalized spacial score (nSPS) is 11.5. The van der Waals surface area contributed by atoms with E-state index in [-0.39, 0.29) is 0 Å². The molecule has 216 valence electrons. The molecule has 0 atom stereocenters. The fourth-order valence-electron chi connectivity index (χ4n) is 6.08. The van der Waals surface area contributed by atoms with Crippen molar-refractivity contribution in [2.24, 2.45) is 0 Å². The van der Waals surface area contributed by atoms with Crippen molar-refractivity contribution < 1.29 is 4.42 Å².